The lowest BCUT2D eigenvalue weighted by molar-refractivity contribution is -0.132. The Hall–Kier alpha value is -1.55. The summed E-state index contributed by atoms with van der Waals surface area (Å²) in [6, 6.07) is 7.15. The molecule has 116 valence electrons. The van der Waals surface area contributed by atoms with Crippen LogP contribution in [0.15, 0.2) is 24.3 Å². The zero-order chi connectivity index (χ0) is 15.1. The highest BCUT2D eigenvalue weighted by atomic mass is 16.3. The molecule has 1 aliphatic heterocycles. The summed E-state index contributed by atoms with van der Waals surface area (Å²) in [5.41, 5.74) is 0.904. The Balaban J connectivity index is 1.85. The number of rotatable bonds is 6. The minimum absolute atomic E-state index is 0.190. The maximum absolute atomic E-state index is 12.6. The molecular formula is C17H26N2O2. The molecule has 1 fully saturated rings. The van der Waals surface area contributed by atoms with Gasteiger partial charge in [-0.1, -0.05) is 25.5 Å². The van der Waals surface area contributed by atoms with E-state index in [9.17, 15) is 9.90 Å². The van der Waals surface area contributed by atoms with Gasteiger partial charge in [-0.05, 0) is 49.9 Å². The van der Waals surface area contributed by atoms with Crippen LogP contribution in [0.4, 0.5) is 0 Å². The van der Waals surface area contributed by atoms with E-state index in [0.29, 0.717) is 6.54 Å². The molecule has 0 bridgehead atoms. The van der Waals surface area contributed by atoms with Crippen LogP contribution in [0, 0.1) is 5.41 Å². The van der Waals surface area contributed by atoms with Crippen molar-refractivity contribution in [1.29, 1.82) is 0 Å². The van der Waals surface area contributed by atoms with Crippen LogP contribution in [0.5, 0.6) is 5.75 Å². The normalized spacial score (nSPS) is 22.0. The Bertz CT molecular complexity index is 445. The van der Waals surface area contributed by atoms with E-state index in [2.05, 4.69) is 17.6 Å². The molecule has 1 aromatic rings. The number of phenols is 1. The second kappa shape index (κ2) is 7.46. The van der Waals surface area contributed by atoms with Crippen LogP contribution in [0.1, 0.15) is 38.2 Å². The number of carbonyl (C=O) groups excluding carboxylic acids is 1. The van der Waals surface area contributed by atoms with Crippen LogP contribution >= 0.6 is 0 Å². The standard InChI is InChI=1S/C17H26N2O2/c1-2-9-17(10-3-11-18-13-17)16(21)19-12-8-14-4-6-15(20)7-5-14/h4-7,18,20H,2-3,8-13H2,1H3,(H,19,21). The number of amides is 1. The molecule has 0 aromatic heterocycles. The van der Waals surface area contributed by atoms with Crippen LogP contribution in [-0.2, 0) is 11.2 Å². The minimum Gasteiger partial charge on any atom is -0.508 e. The van der Waals surface area contributed by atoms with Crippen molar-refractivity contribution in [2.75, 3.05) is 19.6 Å². The Morgan fingerprint density at radius 2 is 2.14 bits per heavy atom. The number of hydrogen-bond acceptors (Lipinski definition) is 3. The first-order valence-electron chi connectivity index (χ1n) is 7.93. The van der Waals surface area contributed by atoms with Crippen molar-refractivity contribution in [3.8, 4) is 5.75 Å². The first kappa shape index (κ1) is 15.8. The first-order chi connectivity index (χ1) is 10.2. The largest absolute Gasteiger partial charge is 0.508 e. The highest BCUT2D eigenvalue weighted by molar-refractivity contribution is 5.83. The summed E-state index contributed by atoms with van der Waals surface area (Å²) < 4.78 is 0. The van der Waals surface area contributed by atoms with Gasteiger partial charge in [0.15, 0.2) is 0 Å². The van der Waals surface area contributed by atoms with E-state index in [1.807, 2.05) is 12.1 Å². The molecule has 0 saturated carbocycles. The van der Waals surface area contributed by atoms with E-state index >= 15 is 0 Å². The van der Waals surface area contributed by atoms with E-state index in [-0.39, 0.29) is 17.1 Å². The summed E-state index contributed by atoms with van der Waals surface area (Å²) in [6.45, 7) is 4.60. The summed E-state index contributed by atoms with van der Waals surface area (Å²) in [6.07, 6.45) is 4.84. The van der Waals surface area contributed by atoms with Gasteiger partial charge in [0.05, 0.1) is 5.41 Å². The third kappa shape index (κ3) is 4.21. The SMILES string of the molecule is CCCC1(C(=O)NCCc2ccc(O)cc2)CCCNC1. The van der Waals surface area contributed by atoms with Gasteiger partial charge in [0.25, 0.3) is 0 Å². The van der Waals surface area contributed by atoms with Gasteiger partial charge in [-0.3, -0.25) is 4.79 Å². The number of carbonyl (C=O) groups is 1. The second-order valence-corrected chi connectivity index (χ2v) is 5.98. The molecule has 2 rings (SSSR count). The quantitative estimate of drug-likeness (QED) is 0.753. The van der Waals surface area contributed by atoms with Gasteiger partial charge in [-0.25, -0.2) is 0 Å². The van der Waals surface area contributed by atoms with E-state index in [1.165, 1.54) is 0 Å². The van der Waals surface area contributed by atoms with Crippen molar-refractivity contribution in [3.63, 3.8) is 0 Å². The van der Waals surface area contributed by atoms with Gasteiger partial charge < -0.3 is 15.7 Å². The number of phenolic OH excluding ortho intramolecular Hbond substituents is 1. The van der Waals surface area contributed by atoms with Gasteiger partial charge in [-0.15, -0.1) is 0 Å². The third-order valence-electron chi connectivity index (χ3n) is 4.32. The van der Waals surface area contributed by atoms with Gasteiger partial charge >= 0.3 is 0 Å². The number of benzene rings is 1. The Morgan fingerprint density at radius 1 is 1.38 bits per heavy atom. The molecule has 4 nitrogen and oxygen atoms in total. The predicted molar refractivity (Wildman–Crippen MR) is 84.3 cm³/mol. The molecule has 1 saturated heterocycles. The van der Waals surface area contributed by atoms with Crippen molar-refractivity contribution >= 4 is 5.91 Å². The zero-order valence-electron chi connectivity index (χ0n) is 12.8. The molecule has 1 aliphatic rings. The minimum atomic E-state index is -0.220. The van der Waals surface area contributed by atoms with Crippen molar-refractivity contribution in [2.24, 2.45) is 5.41 Å². The van der Waals surface area contributed by atoms with Crippen molar-refractivity contribution in [2.45, 2.75) is 39.0 Å². The molecule has 21 heavy (non-hydrogen) atoms. The Morgan fingerprint density at radius 3 is 2.76 bits per heavy atom. The van der Waals surface area contributed by atoms with Crippen molar-refractivity contribution in [1.82, 2.24) is 10.6 Å². The number of piperidine rings is 1. The summed E-state index contributed by atoms with van der Waals surface area (Å²) >= 11 is 0. The average molecular weight is 290 g/mol. The van der Waals surface area contributed by atoms with E-state index in [0.717, 1.165) is 50.8 Å². The number of hydrogen-bond donors (Lipinski definition) is 3. The monoisotopic (exact) mass is 290 g/mol. The molecule has 3 N–H and O–H groups in total. The number of nitrogens with one attached hydrogen (secondary N) is 2. The maximum atomic E-state index is 12.6. The predicted octanol–water partition coefficient (Wildman–Crippen LogP) is 2.22. The Labute approximate surface area is 126 Å². The summed E-state index contributed by atoms with van der Waals surface area (Å²) in [5, 5.41) is 15.7. The Kier molecular flexibility index (Phi) is 5.62. The highest BCUT2D eigenvalue weighted by Gasteiger charge is 2.38. The summed E-state index contributed by atoms with van der Waals surface area (Å²) in [5.74, 6) is 0.466. The summed E-state index contributed by atoms with van der Waals surface area (Å²) in [7, 11) is 0. The van der Waals surface area contributed by atoms with Crippen LogP contribution in [0.3, 0.4) is 0 Å². The fourth-order valence-corrected chi connectivity index (χ4v) is 3.14. The molecule has 1 atom stereocenters. The third-order valence-corrected chi connectivity index (χ3v) is 4.32. The van der Waals surface area contributed by atoms with Crippen molar-refractivity contribution in [3.05, 3.63) is 29.8 Å². The fraction of sp³-hybridized carbons (Fsp3) is 0.588. The van der Waals surface area contributed by atoms with Gasteiger partial charge in [-0.2, -0.15) is 0 Å². The lowest BCUT2D eigenvalue weighted by Crippen LogP contribution is -2.50. The smallest absolute Gasteiger partial charge is 0.227 e. The lowest BCUT2D eigenvalue weighted by Gasteiger charge is -2.36. The molecule has 1 unspecified atom stereocenters. The molecule has 4 heteroatoms. The van der Waals surface area contributed by atoms with Crippen LogP contribution in [-0.4, -0.2) is 30.6 Å². The number of aromatic hydroxyl groups is 1. The van der Waals surface area contributed by atoms with Gasteiger partial charge in [0, 0.05) is 13.1 Å². The van der Waals surface area contributed by atoms with Crippen LogP contribution < -0.4 is 10.6 Å². The van der Waals surface area contributed by atoms with E-state index in [4.69, 9.17) is 0 Å². The molecule has 0 spiro atoms. The molecule has 0 aliphatic carbocycles. The zero-order valence-corrected chi connectivity index (χ0v) is 12.8. The van der Waals surface area contributed by atoms with E-state index < -0.39 is 0 Å². The molecule has 1 heterocycles. The molecule has 0 radical (unpaired) electrons. The highest BCUT2D eigenvalue weighted by Crippen LogP contribution is 2.31. The molecular weight excluding hydrogens is 264 g/mol. The van der Waals surface area contributed by atoms with Crippen LogP contribution in [0.2, 0.25) is 0 Å². The fourth-order valence-electron chi connectivity index (χ4n) is 3.14. The maximum Gasteiger partial charge on any atom is 0.227 e. The van der Waals surface area contributed by atoms with Gasteiger partial charge in [0.1, 0.15) is 5.75 Å². The summed E-state index contributed by atoms with van der Waals surface area (Å²) in [4.78, 5) is 12.6. The van der Waals surface area contributed by atoms with E-state index in [1.54, 1.807) is 12.1 Å². The first-order valence-corrected chi connectivity index (χ1v) is 7.93. The molecule has 1 amide bonds. The second-order valence-electron chi connectivity index (χ2n) is 5.98. The lowest BCUT2D eigenvalue weighted by atomic mass is 9.76. The van der Waals surface area contributed by atoms with Crippen molar-refractivity contribution < 1.29 is 9.90 Å². The molecule has 1 aromatic carbocycles. The van der Waals surface area contributed by atoms with Crippen LogP contribution in [0.25, 0.3) is 0 Å². The van der Waals surface area contributed by atoms with Gasteiger partial charge in [0.2, 0.25) is 5.91 Å². The average Bonchev–Trinajstić information content (AvgIpc) is 2.50. The topological polar surface area (TPSA) is 61.4 Å².